The van der Waals surface area contributed by atoms with E-state index in [1.165, 1.54) is 28.7 Å². The number of nitrogens with zero attached hydrogens (tertiary/aromatic N) is 2. The van der Waals surface area contributed by atoms with Gasteiger partial charge >= 0.3 is 5.97 Å². The van der Waals surface area contributed by atoms with E-state index in [0.717, 1.165) is 56.6 Å². The molecule has 0 unspecified atom stereocenters. The van der Waals surface area contributed by atoms with Gasteiger partial charge in [0.15, 0.2) is 0 Å². The van der Waals surface area contributed by atoms with Gasteiger partial charge in [-0.3, -0.25) is 4.79 Å². The second kappa shape index (κ2) is 8.25. The van der Waals surface area contributed by atoms with Crippen LogP contribution >= 0.6 is 22.7 Å². The third kappa shape index (κ3) is 3.95. The third-order valence-electron chi connectivity index (χ3n) is 7.37. The van der Waals surface area contributed by atoms with Gasteiger partial charge in [-0.25, -0.2) is 4.85 Å². The van der Waals surface area contributed by atoms with E-state index in [-0.39, 0.29) is 16.5 Å². The summed E-state index contributed by atoms with van der Waals surface area (Å²) >= 11 is 3.08. The van der Waals surface area contributed by atoms with Gasteiger partial charge in [-0.05, 0) is 65.6 Å². The van der Waals surface area contributed by atoms with E-state index in [0.29, 0.717) is 5.75 Å². The van der Waals surface area contributed by atoms with Crippen LogP contribution in [0.4, 0.5) is 5.69 Å². The Balaban J connectivity index is 1.59. The first-order valence-corrected chi connectivity index (χ1v) is 13.3. The lowest BCUT2D eigenvalue weighted by Crippen LogP contribution is -2.44. The Morgan fingerprint density at radius 1 is 1.03 bits per heavy atom. The average Bonchev–Trinajstić information content (AvgIpc) is 3.45. The minimum absolute atomic E-state index is 0.0380. The van der Waals surface area contributed by atoms with Gasteiger partial charge in [-0.1, -0.05) is 27.7 Å². The third-order valence-corrected chi connectivity index (χ3v) is 9.71. The molecule has 0 atom stereocenters. The van der Waals surface area contributed by atoms with Crippen LogP contribution in [0, 0.1) is 6.57 Å². The first-order valence-electron chi connectivity index (χ1n) is 11.7. The van der Waals surface area contributed by atoms with Crippen molar-refractivity contribution in [3.63, 3.8) is 0 Å². The number of phenolic OH excluding ortho intramolecular Hbond substituents is 1. The maximum absolute atomic E-state index is 11.6. The maximum Gasteiger partial charge on any atom is 0.333 e. The Morgan fingerprint density at radius 3 is 2.34 bits per heavy atom. The zero-order valence-corrected chi connectivity index (χ0v) is 21.9. The van der Waals surface area contributed by atoms with Crippen molar-refractivity contribution in [2.24, 2.45) is 0 Å². The van der Waals surface area contributed by atoms with Crippen molar-refractivity contribution in [3.8, 4) is 25.9 Å². The second-order valence-corrected chi connectivity index (χ2v) is 12.8. The highest BCUT2D eigenvalue weighted by molar-refractivity contribution is 7.24. The zero-order chi connectivity index (χ0) is 25.1. The summed E-state index contributed by atoms with van der Waals surface area (Å²) in [6, 6.07) is 10.1. The van der Waals surface area contributed by atoms with Gasteiger partial charge in [0.25, 0.3) is 5.70 Å². The maximum atomic E-state index is 11.6. The molecule has 2 aliphatic heterocycles. The smallest absolute Gasteiger partial charge is 0.333 e. The Bertz CT molecular complexity index is 1420. The molecule has 0 amide bonds. The van der Waals surface area contributed by atoms with Crippen molar-refractivity contribution in [2.45, 2.75) is 51.4 Å². The standard InChI is InChI=1S/C28H28N2O3S2/c1-27(2)10-12-30-13-11-28(3,4)23-24(30)18(27)15-17(25(23)31)20-8-9-22(35-20)21-7-6-16(34-21)14-19(29-5)26(32)33/h6-9,14-15,31H,10-13H2,1-4H3,(H,32,33). The van der Waals surface area contributed by atoms with Gasteiger partial charge in [-0.2, -0.15) is 0 Å². The summed E-state index contributed by atoms with van der Waals surface area (Å²) in [5.41, 5.74) is 4.15. The number of phenols is 1. The van der Waals surface area contributed by atoms with Crippen molar-refractivity contribution in [1.29, 1.82) is 0 Å². The number of thiophene rings is 2. The molecule has 0 radical (unpaired) electrons. The molecule has 5 rings (SSSR count). The predicted octanol–water partition coefficient (Wildman–Crippen LogP) is 7.36. The molecule has 35 heavy (non-hydrogen) atoms. The largest absolute Gasteiger partial charge is 0.507 e. The SMILES string of the molecule is [C-]#[N+]C(=Cc1ccc(-c2ccc(-c3cc4c5c(c3O)C(C)(C)CCN5CCC4(C)C)s2)s1)C(=O)O. The molecule has 0 saturated heterocycles. The van der Waals surface area contributed by atoms with Crippen LogP contribution < -0.4 is 4.90 Å². The van der Waals surface area contributed by atoms with Gasteiger partial charge in [-0.15, -0.1) is 22.7 Å². The normalized spacial score (nSPS) is 18.1. The first-order chi connectivity index (χ1) is 16.5. The van der Waals surface area contributed by atoms with Crippen molar-refractivity contribution in [2.75, 3.05) is 18.0 Å². The number of rotatable bonds is 4. The lowest BCUT2D eigenvalue weighted by Gasteiger charge is -2.48. The summed E-state index contributed by atoms with van der Waals surface area (Å²) < 4.78 is 0. The average molecular weight is 505 g/mol. The van der Waals surface area contributed by atoms with E-state index in [2.05, 4.69) is 55.6 Å². The number of carboxylic acids is 1. The number of hydrogen-bond donors (Lipinski definition) is 2. The van der Waals surface area contributed by atoms with Crippen molar-refractivity contribution in [3.05, 3.63) is 63.5 Å². The summed E-state index contributed by atoms with van der Waals surface area (Å²) in [5.74, 6) is -0.827. The summed E-state index contributed by atoms with van der Waals surface area (Å²) in [4.78, 5) is 20.5. The molecule has 0 saturated carbocycles. The molecule has 1 aromatic carbocycles. The number of aromatic hydroxyl groups is 1. The molecule has 2 aromatic heterocycles. The molecule has 7 heteroatoms. The molecule has 0 bridgehead atoms. The van der Waals surface area contributed by atoms with Crippen molar-refractivity contribution in [1.82, 2.24) is 0 Å². The van der Waals surface area contributed by atoms with Crippen molar-refractivity contribution >= 4 is 40.4 Å². The highest BCUT2D eigenvalue weighted by atomic mass is 32.1. The molecule has 2 aliphatic rings. The molecule has 2 N–H and O–H groups in total. The Kier molecular flexibility index (Phi) is 5.58. The van der Waals surface area contributed by atoms with Crippen LogP contribution in [0.3, 0.4) is 0 Å². The van der Waals surface area contributed by atoms with E-state index in [9.17, 15) is 9.90 Å². The molecule has 4 heterocycles. The van der Waals surface area contributed by atoms with E-state index in [1.54, 1.807) is 11.3 Å². The predicted molar refractivity (Wildman–Crippen MR) is 144 cm³/mol. The van der Waals surface area contributed by atoms with Crippen LogP contribution in [0.1, 0.15) is 56.5 Å². The van der Waals surface area contributed by atoms with Gasteiger partial charge < -0.3 is 15.1 Å². The van der Waals surface area contributed by atoms with Gasteiger partial charge in [0.1, 0.15) is 5.75 Å². The van der Waals surface area contributed by atoms with Crippen LogP contribution in [0.15, 0.2) is 36.0 Å². The monoisotopic (exact) mass is 504 g/mol. The molecule has 5 nitrogen and oxygen atoms in total. The molecule has 0 spiro atoms. The quantitative estimate of drug-likeness (QED) is 0.288. The molecule has 3 aromatic rings. The fraction of sp³-hybridized carbons (Fsp3) is 0.357. The first kappa shape index (κ1) is 23.7. The number of carboxylic acid groups (broad SMARTS) is 1. The Hall–Kier alpha value is -3.08. The lowest BCUT2D eigenvalue weighted by atomic mass is 9.68. The summed E-state index contributed by atoms with van der Waals surface area (Å²) in [6.45, 7) is 18.2. The number of carbonyl (C=O) groups is 1. The highest BCUT2D eigenvalue weighted by Crippen LogP contribution is 2.55. The fourth-order valence-corrected chi connectivity index (χ4v) is 7.27. The van der Waals surface area contributed by atoms with Crippen LogP contribution in [0.25, 0.3) is 31.1 Å². The van der Waals surface area contributed by atoms with Crippen LogP contribution in [-0.4, -0.2) is 29.3 Å². The Labute approximate surface area is 213 Å². The summed E-state index contributed by atoms with van der Waals surface area (Å²) in [6.07, 6.45) is 3.52. The number of anilines is 1. The number of hydrogen-bond acceptors (Lipinski definition) is 5. The zero-order valence-electron chi connectivity index (χ0n) is 20.3. The topological polar surface area (TPSA) is 65.1 Å². The van der Waals surface area contributed by atoms with E-state index in [4.69, 9.17) is 11.7 Å². The van der Waals surface area contributed by atoms with Gasteiger partial charge in [0.2, 0.25) is 0 Å². The second-order valence-electron chi connectivity index (χ2n) is 10.6. The highest BCUT2D eigenvalue weighted by Gasteiger charge is 2.42. The van der Waals surface area contributed by atoms with Gasteiger partial charge in [0.05, 0.1) is 6.57 Å². The van der Waals surface area contributed by atoms with Crippen LogP contribution in [0.5, 0.6) is 5.75 Å². The van der Waals surface area contributed by atoms with E-state index in [1.807, 2.05) is 12.1 Å². The molecule has 0 fully saturated rings. The van der Waals surface area contributed by atoms with Crippen LogP contribution in [-0.2, 0) is 15.6 Å². The van der Waals surface area contributed by atoms with E-state index < -0.39 is 5.97 Å². The Morgan fingerprint density at radius 2 is 1.66 bits per heavy atom. The summed E-state index contributed by atoms with van der Waals surface area (Å²) in [7, 11) is 0. The van der Waals surface area contributed by atoms with E-state index >= 15 is 0 Å². The minimum Gasteiger partial charge on any atom is -0.507 e. The number of aliphatic carboxylic acids is 1. The summed E-state index contributed by atoms with van der Waals surface area (Å²) in [5, 5.41) is 20.7. The molecule has 180 valence electrons. The minimum atomic E-state index is -1.22. The van der Waals surface area contributed by atoms with Gasteiger partial charge in [0, 0.05) is 49.4 Å². The fourth-order valence-electron chi connectivity index (χ4n) is 5.21. The molecular formula is C28H28N2O3S2. The van der Waals surface area contributed by atoms with Crippen LogP contribution in [0.2, 0.25) is 0 Å². The molecular weight excluding hydrogens is 476 g/mol. The lowest BCUT2D eigenvalue weighted by molar-refractivity contribution is -0.132. The molecule has 0 aliphatic carbocycles. The van der Waals surface area contributed by atoms with Crippen molar-refractivity contribution < 1.29 is 15.0 Å². The number of benzene rings is 1.